The lowest BCUT2D eigenvalue weighted by Crippen LogP contribution is -2.34. The molecule has 1 aliphatic carbocycles. The molecule has 1 aromatic heterocycles. The van der Waals surface area contributed by atoms with Crippen molar-refractivity contribution in [3.05, 3.63) is 40.8 Å². The molecule has 1 aromatic carbocycles. The molecule has 1 saturated carbocycles. The van der Waals surface area contributed by atoms with Crippen molar-refractivity contribution >= 4 is 28.2 Å². The van der Waals surface area contributed by atoms with Gasteiger partial charge in [-0.15, -0.1) is 11.3 Å². The first-order chi connectivity index (χ1) is 13.0. The average Bonchev–Trinajstić information content (AvgIpc) is 3.40. The summed E-state index contributed by atoms with van der Waals surface area (Å²) in [5.41, 5.74) is 6.63. The maximum atomic E-state index is 12.5. The summed E-state index contributed by atoms with van der Waals surface area (Å²) in [7, 11) is 3.25. The summed E-state index contributed by atoms with van der Waals surface area (Å²) < 4.78 is 10.7. The van der Waals surface area contributed by atoms with Crippen LogP contribution in [0.5, 0.6) is 11.5 Å². The number of hydrogen-bond acceptors (Lipinski definition) is 6. The Morgan fingerprint density at radius 2 is 2.04 bits per heavy atom. The van der Waals surface area contributed by atoms with Gasteiger partial charge in [-0.1, -0.05) is 0 Å². The lowest BCUT2D eigenvalue weighted by Gasteiger charge is -2.23. The molecule has 3 rings (SSSR count). The number of ether oxygens (including phenoxy) is 2. The molecular weight excluding hydrogens is 366 g/mol. The number of anilines is 1. The normalized spacial score (nSPS) is 13.4. The van der Waals surface area contributed by atoms with Crippen LogP contribution in [-0.2, 0) is 11.3 Å². The number of primary amides is 1. The molecule has 0 saturated heterocycles. The van der Waals surface area contributed by atoms with Crippen LogP contribution in [0.3, 0.4) is 0 Å². The van der Waals surface area contributed by atoms with Crippen molar-refractivity contribution in [2.75, 3.05) is 26.1 Å². The second-order valence-corrected chi connectivity index (χ2v) is 7.31. The van der Waals surface area contributed by atoms with Gasteiger partial charge in [0.05, 0.1) is 26.3 Å². The third kappa shape index (κ3) is 4.78. The Morgan fingerprint density at radius 3 is 2.67 bits per heavy atom. The highest BCUT2D eigenvalue weighted by molar-refractivity contribution is 7.14. The van der Waals surface area contributed by atoms with Crippen LogP contribution in [0, 0.1) is 0 Å². The van der Waals surface area contributed by atoms with E-state index < -0.39 is 5.91 Å². The molecule has 27 heavy (non-hydrogen) atoms. The molecule has 0 radical (unpaired) electrons. The van der Waals surface area contributed by atoms with E-state index in [0.29, 0.717) is 23.2 Å². The Bertz CT molecular complexity index is 832. The van der Waals surface area contributed by atoms with E-state index in [4.69, 9.17) is 15.2 Å². The van der Waals surface area contributed by atoms with Gasteiger partial charge in [-0.3, -0.25) is 14.5 Å². The van der Waals surface area contributed by atoms with Crippen molar-refractivity contribution in [1.82, 2.24) is 4.90 Å². The summed E-state index contributed by atoms with van der Waals surface area (Å²) >= 11 is 1.28. The topological polar surface area (TPSA) is 93.9 Å². The van der Waals surface area contributed by atoms with Crippen molar-refractivity contribution in [3.8, 4) is 11.5 Å². The number of carbonyl (C=O) groups is 2. The summed E-state index contributed by atoms with van der Waals surface area (Å²) in [5.74, 6) is 0.784. The highest BCUT2D eigenvalue weighted by Crippen LogP contribution is 2.32. The van der Waals surface area contributed by atoms with Crippen LogP contribution < -0.4 is 20.5 Å². The second-order valence-electron chi connectivity index (χ2n) is 6.39. The molecule has 0 aliphatic heterocycles. The zero-order valence-electron chi connectivity index (χ0n) is 15.4. The zero-order chi connectivity index (χ0) is 19.4. The fourth-order valence-electron chi connectivity index (χ4n) is 2.93. The van der Waals surface area contributed by atoms with Crippen LogP contribution in [-0.4, -0.2) is 43.5 Å². The average molecular weight is 389 g/mol. The first kappa shape index (κ1) is 19.2. The molecule has 0 atom stereocenters. The minimum absolute atomic E-state index is 0.172. The predicted molar refractivity (Wildman–Crippen MR) is 104 cm³/mol. The van der Waals surface area contributed by atoms with E-state index in [1.54, 1.807) is 25.7 Å². The quantitative estimate of drug-likeness (QED) is 0.687. The van der Waals surface area contributed by atoms with E-state index >= 15 is 0 Å². The van der Waals surface area contributed by atoms with Gasteiger partial charge in [-0.05, 0) is 42.5 Å². The third-order valence-electron chi connectivity index (χ3n) is 4.45. The Morgan fingerprint density at radius 1 is 1.26 bits per heavy atom. The van der Waals surface area contributed by atoms with Crippen LogP contribution in [0.1, 0.15) is 28.8 Å². The number of nitrogens with two attached hydrogens (primary N) is 1. The summed E-state index contributed by atoms with van der Waals surface area (Å²) in [5, 5.41) is 5.02. The van der Waals surface area contributed by atoms with Crippen LogP contribution in [0.15, 0.2) is 29.6 Å². The number of hydrogen-bond donors (Lipinski definition) is 2. The standard InChI is InChI=1S/C19H23N3O4S/c1-25-14-5-6-16(26-2)12(9-14)10-22(13-3-4-13)11-17(23)21-19-15(18(20)24)7-8-27-19/h5-9,13H,3-4,10-11H2,1-2H3,(H2,20,24)(H,21,23). The van der Waals surface area contributed by atoms with Gasteiger partial charge in [0.15, 0.2) is 0 Å². The van der Waals surface area contributed by atoms with Gasteiger partial charge in [-0.25, -0.2) is 0 Å². The third-order valence-corrected chi connectivity index (χ3v) is 5.28. The van der Waals surface area contributed by atoms with Crippen molar-refractivity contribution in [2.45, 2.75) is 25.4 Å². The van der Waals surface area contributed by atoms with E-state index in [1.807, 2.05) is 18.2 Å². The minimum Gasteiger partial charge on any atom is -0.497 e. The van der Waals surface area contributed by atoms with Crippen molar-refractivity contribution in [1.29, 1.82) is 0 Å². The van der Waals surface area contributed by atoms with Crippen molar-refractivity contribution in [2.24, 2.45) is 5.73 Å². The van der Waals surface area contributed by atoms with E-state index in [9.17, 15) is 9.59 Å². The molecule has 7 nitrogen and oxygen atoms in total. The first-order valence-corrected chi connectivity index (χ1v) is 9.52. The molecule has 3 N–H and O–H groups in total. The highest BCUT2D eigenvalue weighted by Gasteiger charge is 2.31. The van der Waals surface area contributed by atoms with E-state index in [0.717, 1.165) is 29.9 Å². The summed E-state index contributed by atoms with van der Waals surface area (Å²) in [4.78, 5) is 26.1. The molecule has 2 aromatic rings. The maximum Gasteiger partial charge on any atom is 0.251 e. The minimum atomic E-state index is -0.549. The number of carbonyl (C=O) groups excluding carboxylic acids is 2. The van der Waals surface area contributed by atoms with Crippen LogP contribution in [0.25, 0.3) is 0 Å². The fraction of sp³-hybridized carbons (Fsp3) is 0.368. The Labute approximate surface area is 162 Å². The van der Waals surface area contributed by atoms with Crippen LogP contribution >= 0.6 is 11.3 Å². The van der Waals surface area contributed by atoms with Gasteiger partial charge in [0.25, 0.3) is 5.91 Å². The first-order valence-electron chi connectivity index (χ1n) is 8.64. The van der Waals surface area contributed by atoms with E-state index in [2.05, 4.69) is 10.2 Å². The van der Waals surface area contributed by atoms with Gasteiger partial charge >= 0.3 is 0 Å². The number of amides is 2. The molecule has 0 unspecified atom stereocenters. The predicted octanol–water partition coefficient (Wildman–Crippen LogP) is 2.47. The molecule has 2 amide bonds. The van der Waals surface area contributed by atoms with Gasteiger partial charge in [-0.2, -0.15) is 0 Å². The van der Waals surface area contributed by atoms with Gasteiger partial charge in [0, 0.05) is 18.2 Å². The van der Waals surface area contributed by atoms with Gasteiger partial charge in [0.2, 0.25) is 5.91 Å². The van der Waals surface area contributed by atoms with E-state index in [1.165, 1.54) is 11.3 Å². The van der Waals surface area contributed by atoms with E-state index in [-0.39, 0.29) is 12.5 Å². The molecule has 8 heteroatoms. The van der Waals surface area contributed by atoms with Crippen molar-refractivity contribution in [3.63, 3.8) is 0 Å². The molecule has 1 aliphatic rings. The Kier molecular flexibility index (Phi) is 5.98. The summed E-state index contributed by atoms with van der Waals surface area (Å²) in [6.45, 7) is 0.798. The van der Waals surface area contributed by atoms with Crippen LogP contribution in [0.4, 0.5) is 5.00 Å². The number of nitrogens with one attached hydrogen (secondary N) is 1. The SMILES string of the molecule is COc1ccc(OC)c(CN(CC(=O)Nc2sccc2C(N)=O)C2CC2)c1. The van der Waals surface area contributed by atoms with Gasteiger partial charge < -0.3 is 20.5 Å². The number of rotatable bonds is 9. The number of thiophene rings is 1. The molecule has 0 bridgehead atoms. The van der Waals surface area contributed by atoms with Crippen molar-refractivity contribution < 1.29 is 19.1 Å². The number of nitrogens with zero attached hydrogens (tertiary/aromatic N) is 1. The number of methoxy groups -OCH3 is 2. The monoisotopic (exact) mass is 389 g/mol. The Hall–Kier alpha value is -2.58. The number of benzene rings is 1. The Balaban J connectivity index is 1.70. The van der Waals surface area contributed by atoms with Crippen LogP contribution in [0.2, 0.25) is 0 Å². The molecule has 0 spiro atoms. The smallest absolute Gasteiger partial charge is 0.251 e. The zero-order valence-corrected chi connectivity index (χ0v) is 16.2. The molecule has 144 valence electrons. The summed E-state index contributed by atoms with van der Waals surface area (Å²) in [6, 6.07) is 7.62. The second kappa shape index (κ2) is 8.41. The fourth-order valence-corrected chi connectivity index (χ4v) is 3.74. The molecule has 1 fully saturated rings. The highest BCUT2D eigenvalue weighted by atomic mass is 32.1. The summed E-state index contributed by atoms with van der Waals surface area (Å²) in [6.07, 6.45) is 2.12. The lowest BCUT2D eigenvalue weighted by atomic mass is 10.1. The lowest BCUT2D eigenvalue weighted by molar-refractivity contribution is -0.117. The maximum absolute atomic E-state index is 12.5. The molecule has 1 heterocycles. The van der Waals surface area contributed by atoms with Gasteiger partial charge in [0.1, 0.15) is 16.5 Å². The largest absolute Gasteiger partial charge is 0.497 e. The molecular formula is C19H23N3O4S.